The molecule has 1 aromatic rings. The molecule has 2 amide bonds. The first-order chi connectivity index (χ1) is 17.1. The van der Waals surface area contributed by atoms with Gasteiger partial charge in [-0.25, -0.2) is 9.86 Å². The van der Waals surface area contributed by atoms with E-state index in [-0.39, 0.29) is 5.91 Å². The first-order valence-corrected chi connectivity index (χ1v) is 13.7. The first-order valence-electron chi connectivity index (χ1n) is 13.7. The summed E-state index contributed by atoms with van der Waals surface area (Å²) in [5, 5.41) is 4.26. The van der Waals surface area contributed by atoms with Crippen LogP contribution in [0.2, 0.25) is 0 Å². The molecule has 1 atom stereocenters. The fraction of sp³-hybridized carbons (Fsp3) is 0.724. The Labute approximate surface area is 219 Å². The second-order valence-corrected chi connectivity index (χ2v) is 10.8. The number of hydrogen-bond acceptors (Lipinski definition) is 5. The van der Waals surface area contributed by atoms with Crippen LogP contribution in [0.5, 0.6) is 0 Å². The summed E-state index contributed by atoms with van der Waals surface area (Å²) < 4.78 is 5.45. The zero-order chi connectivity index (χ0) is 26.8. The number of unbranched alkanes of at least 4 members (excludes halogenated alkanes) is 7. The Hall–Kier alpha value is -2.12. The summed E-state index contributed by atoms with van der Waals surface area (Å²) in [4.78, 5) is 34.2. The van der Waals surface area contributed by atoms with Gasteiger partial charge in [-0.05, 0) is 59.8 Å². The molecule has 0 bridgehead atoms. The molecule has 0 saturated heterocycles. The molecule has 206 valence electrons. The number of carbonyl (C=O) groups is 2. The van der Waals surface area contributed by atoms with Gasteiger partial charge in [0.1, 0.15) is 18.2 Å². The minimum absolute atomic E-state index is 0.224. The van der Waals surface area contributed by atoms with Gasteiger partial charge in [-0.3, -0.25) is 9.63 Å². The summed E-state index contributed by atoms with van der Waals surface area (Å²) in [6.07, 6.45) is 10.1. The van der Waals surface area contributed by atoms with Gasteiger partial charge in [0, 0.05) is 6.54 Å². The largest absolute Gasteiger partial charge is 0.444 e. The quantitative estimate of drug-likeness (QED) is 0.187. The van der Waals surface area contributed by atoms with E-state index in [1.165, 1.54) is 37.2 Å². The van der Waals surface area contributed by atoms with Crippen LogP contribution < -0.4 is 5.32 Å². The lowest BCUT2D eigenvalue weighted by Crippen LogP contribution is -2.50. The van der Waals surface area contributed by atoms with E-state index >= 15 is 0 Å². The van der Waals surface area contributed by atoms with Crippen molar-refractivity contribution in [1.82, 2.24) is 15.3 Å². The molecule has 0 saturated carbocycles. The Bertz CT molecular complexity index is 719. The van der Waals surface area contributed by atoms with Crippen LogP contribution in [0.1, 0.15) is 97.5 Å². The van der Waals surface area contributed by atoms with E-state index in [9.17, 15) is 9.59 Å². The minimum atomic E-state index is -0.685. The van der Waals surface area contributed by atoms with Crippen molar-refractivity contribution in [2.24, 2.45) is 0 Å². The highest BCUT2D eigenvalue weighted by Crippen LogP contribution is 2.15. The first kappa shape index (κ1) is 31.9. The molecule has 0 aliphatic carbocycles. The van der Waals surface area contributed by atoms with Gasteiger partial charge >= 0.3 is 6.09 Å². The Morgan fingerprint density at radius 1 is 0.889 bits per heavy atom. The average molecular weight is 506 g/mol. The smallest absolute Gasteiger partial charge is 0.408 e. The van der Waals surface area contributed by atoms with Crippen LogP contribution in [-0.4, -0.2) is 60.8 Å². The van der Waals surface area contributed by atoms with Crippen molar-refractivity contribution >= 4 is 12.0 Å². The van der Waals surface area contributed by atoms with Crippen molar-refractivity contribution in [3.05, 3.63) is 35.9 Å². The molecule has 1 aromatic carbocycles. The molecule has 0 spiro atoms. The van der Waals surface area contributed by atoms with Gasteiger partial charge in [0.15, 0.2) is 0 Å². The fourth-order valence-corrected chi connectivity index (χ4v) is 3.86. The number of nitrogens with one attached hydrogen (secondary N) is 1. The summed E-state index contributed by atoms with van der Waals surface area (Å²) in [6, 6.07) is 9.11. The number of carbonyl (C=O) groups excluding carboxylic acids is 2. The molecule has 0 heterocycles. The Morgan fingerprint density at radius 3 is 2.08 bits per heavy atom. The number of amides is 2. The van der Waals surface area contributed by atoms with Crippen LogP contribution in [0, 0.1) is 0 Å². The monoisotopic (exact) mass is 505 g/mol. The third-order valence-electron chi connectivity index (χ3n) is 5.78. The molecule has 1 N–H and O–H groups in total. The number of rotatable bonds is 18. The Morgan fingerprint density at radius 2 is 1.50 bits per heavy atom. The van der Waals surface area contributed by atoms with Crippen molar-refractivity contribution in [2.75, 3.05) is 27.2 Å². The topological polar surface area (TPSA) is 71.1 Å². The van der Waals surface area contributed by atoms with Gasteiger partial charge in [-0.15, -0.1) is 0 Å². The Balaban J connectivity index is 2.81. The molecule has 0 fully saturated rings. The number of hydroxylamine groups is 2. The molecule has 36 heavy (non-hydrogen) atoms. The van der Waals surface area contributed by atoms with E-state index in [4.69, 9.17) is 9.57 Å². The van der Waals surface area contributed by atoms with Crippen molar-refractivity contribution < 1.29 is 19.2 Å². The number of hydrogen-bond donors (Lipinski definition) is 1. The lowest BCUT2D eigenvalue weighted by atomic mass is 10.0. The molecule has 0 aromatic heterocycles. The average Bonchev–Trinajstić information content (AvgIpc) is 2.81. The predicted octanol–water partition coefficient (Wildman–Crippen LogP) is 6.32. The van der Waals surface area contributed by atoms with Crippen LogP contribution >= 0.6 is 0 Å². The second-order valence-electron chi connectivity index (χ2n) is 10.8. The van der Waals surface area contributed by atoms with E-state index in [1.807, 2.05) is 65.2 Å². The van der Waals surface area contributed by atoms with E-state index in [2.05, 4.69) is 17.1 Å². The van der Waals surface area contributed by atoms with Crippen LogP contribution in [0.15, 0.2) is 30.3 Å². The van der Waals surface area contributed by atoms with Crippen LogP contribution in [0.25, 0.3) is 0 Å². The molecule has 0 aliphatic rings. The predicted molar refractivity (Wildman–Crippen MR) is 146 cm³/mol. The summed E-state index contributed by atoms with van der Waals surface area (Å²) in [7, 11) is 4.01. The van der Waals surface area contributed by atoms with Gasteiger partial charge < -0.3 is 15.0 Å². The summed E-state index contributed by atoms with van der Waals surface area (Å²) in [5.41, 5.74) is 0.355. The van der Waals surface area contributed by atoms with Gasteiger partial charge in [0.2, 0.25) is 0 Å². The number of nitrogens with zero attached hydrogens (tertiary/aromatic N) is 2. The third-order valence-corrected chi connectivity index (χ3v) is 5.78. The molecule has 1 unspecified atom stereocenters. The highest BCUT2D eigenvalue weighted by atomic mass is 16.7. The SMILES string of the molecule is CCCCCCCCCCC(NC(=O)OC(C)(C)C)C(=O)N(CCCN(C)C)OCc1ccccc1. The van der Waals surface area contributed by atoms with E-state index in [0.717, 1.165) is 37.8 Å². The lowest BCUT2D eigenvalue weighted by molar-refractivity contribution is -0.194. The summed E-state index contributed by atoms with van der Waals surface area (Å²) >= 11 is 0. The molecule has 1 rings (SSSR count). The van der Waals surface area contributed by atoms with Crippen molar-refractivity contribution in [2.45, 2.75) is 110 Å². The molecule has 7 nitrogen and oxygen atoms in total. The lowest BCUT2D eigenvalue weighted by Gasteiger charge is -2.28. The summed E-state index contributed by atoms with van der Waals surface area (Å²) in [5.74, 6) is -0.224. The molecule has 7 heteroatoms. The van der Waals surface area contributed by atoms with Gasteiger partial charge in [-0.1, -0.05) is 88.6 Å². The second kappa shape index (κ2) is 18.2. The number of alkyl carbamates (subject to hydrolysis) is 1. The molecule has 0 radical (unpaired) electrons. The molecule has 0 aliphatic heterocycles. The van der Waals surface area contributed by atoms with Gasteiger partial charge in [0.25, 0.3) is 5.91 Å². The highest BCUT2D eigenvalue weighted by Gasteiger charge is 2.28. The standard InChI is InChI=1S/C29H51N3O4/c1-7-8-9-10-11-12-13-17-21-26(30-28(34)36-29(2,3)4)27(33)32(23-18-22-31(5)6)35-24-25-19-15-14-16-20-25/h14-16,19-20,26H,7-13,17-18,21-24H2,1-6H3,(H,30,34). The zero-order valence-electron chi connectivity index (χ0n) is 23.7. The van der Waals surface area contributed by atoms with E-state index in [1.54, 1.807) is 0 Å². The molecular weight excluding hydrogens is 454 g/mol. The summed E-state index contributed by atoms with van der Waals surface area (Å²) in [6.45, 7) is 9.26. The van der Waals surface area contributed by atoms with E-state index in [0.29, 0.717) is 19.6 Å². The van der Waals surface area contributed by atoms with Crippen LogP contribution in [0.4, 0.5) is 4.79 Å². The number of ether oxygens (including phenoxy) is 1. The highest BCUT2D eigenvalue weighted by molar-refractivity contribution is 5.85. The maximum absolute atomic E-state index is 13.6. The van der Waals surface area contributed by atoms with Crippen LogP contribution in [0.3, 0.4) is 0 Å². The number of benzene rings is 1. The zero-order valence-corrected chi connectivity index (χ0v) is 23.7. The van der Waals surface area contributed by atoms with Gasteiger partial charge in [-0.2, -0.15) is 0 Å². The van der Waals surface area contributed by atoms with Crippen molar-refractivity contribution in [1.29, 1.82) is 0 Å². The maximum atomic E-state index is 13.6. The van der Waals surface area contributed by atoms with Crippen molar-refractivity contribution in [3.8, 4) is 0 Å². The normalized spacial score (nSPS) is 12.4. The minimum Gasteiger partial charge on any atom is -0.444 e. The fourth-order valence-electron chi connectivity index (χ4n) is 3.86. The molecular formula is C29H51N3O4. The van der Waals surface area contributed by atoms with Crippen LogP contribution in [-0.2, 0) is 21.0 Å². The Kier molecular flexibility index (Phi) is 16.1. The third kappa shape index (κ3) is 15.8. The van der Waals surface area contributed by atoms with E-state index < -0.39 is 17.7 Å². The van der Waals surface area contributed by atoms with Crippen molar-refractivity contribution in [3.63, 3.8) is 0 Å². The maximum Gasteiger partial charge on any atom is 0.408 e. The van der Waals surface area contributed by atoms with Gasteiger partial charge in [0.05, 0.1) is 0 Å².